The highest BCUT2D eigenvalue weighted by Crippen LogP contribution is 2.37. The average molecular weight is 340 g/mol. The minimum atomic E-state index is -0.452. The number of amides is 1. The molecule has 1 atom stereocenters. The monoisotopic (exact) mass is 340 g/mol. The lowest BCUT2D eigenvalue weighted by Gasteiger charge is -2.28. The van der Waals surface area contributed by atoms with Gasteiger partial charge < -0.3 is 9.84 Å². The first kappa shape index (κ1) is 18.3. The molecule has 1 fully saturated rings. The molecule has 1 heterocycles. The molecule has 130 valence electrons. The third-order valence-electron chi connectivity index (χ3n) is 4.69. The Labute approximate surface area is 142 Å². The van der Waals surface area contributed by atoms with Crippen LogP contribution in [0.25, 0.3) is 0 Å². The number of carbonyl (C=O) groups is 1. The molecule has 23 heavy (non-hydrogen) atoms. The second-order valence-electron chi connectivity index (χ2n) is 6.13. The second-order valence-corrected chi connectivity index (χ2v) is 7.31. The lowest BCUT2D eigenvalue weighted by Crippen LogP contribution is -2.47. The summed E-state index contributed by atoms with van der Waals surface area (Å²) in [4.78, 5) is 19.2. The fraction of sp³-hybridized carbons (Fsp3) is 0.812. The van der Waals surface area contributed by atoms with E-state index in [1.165, 1.54) is 0 Å². The van der Waals surface area contributed by atoms with Gasteiger partial charge in [0.05, 0.1) is 11.8 Å². The van der Waals surface area contributed by atoms with Gasteiger partial charge in [0, 0.05) is 0 Å². The number of aromatic nitrogens is 2. The lowest BCUT2D eigenvalue weighted by molar-refractivity contribution is -0.122. The summed E-state index contributed by atoms with van der Waals surface area (Å²) in [5.74, 6) is 1.32. The summed E-state index contributed by atoms with van der Waals surface area (Å²) in [5.41, 5.74) is -0.452. The van der Waals surface area contributed by atoms with Crippen LogP contribution in [0.3, 0.4) is 0 Å². The first-order valence-electron chi connectivity index (χ1n) is 8.45. The van der Waals surface area contributed by atoms with Crippen LogP contribution >= 0.6 is 11.8 Å². The van der Waals surface area contributed by atoms with Crippen LogP contribution in [0.4, 0.5) is 0 Å². The Bertz CT molecular complexity index is 510. The number of hydrogen-bond acceptors (Lipinski definition) is 6. The van der Waals surface area contributed by atoms with Gasteiger partial charge in [-0.05, 0) is 39.1 Å². The van der Waals surface area contributed by atoms with E-state index in [-0.39, 0.29) is 11.2 Å². The number of hydrogen-bond donors (Lipinski definition) is 1. The van der Waals surface area contributed by atoms with Gasteiger partial charge in [0.2, 0.25) is 11.8 Å². The van der Waals surface area contributed by atoms with Gasteiger partial charge in [-0.3, -0.25) is 9.69 Å². The summed E-state index contributed by atoms with van der Waals surface area (Å²) in [7, 11) is 0. The normalized spacial score (nSPS) is 18.3. The Balaban J connectivity index is 2.15. The molecule has 0 aliphatic heterocycles. The molecule has 0 bridgehead atoms. The molecule has 1 aliphatic carbocycles. The minimum Gasteiger partial charge on any atom is -0.342 e. The molecule has 1 aliphatic rings. The number of rotatable bonds is 8. The van der Waals surface area contributed by atoms with E-state index in [1.54, 1.807) is 11.8 Å². The molecule has 1 amide bonds. The summed E-state index contributed by atoms with van der Waals surface area (Å²) in [6, 6.07) is 0. The van der Waals surface area contributed by atoms with Crippen molar-refractivity contribution >= 4 is 17.7 Å². The van der Waals surface area contributed by atoms with Gasteiger partial charge in [0.25, 0.3) is 0 Å². The molecular formula is C16H28N4O2S. The maximum absolute atomic E-state index is 12.4. The molecule has 6 nitrogen and oxygen atoms in total. The molecule has 1 N–H and O–H groups in total. The molecule has 0 aromatic carbocycles. The van der Waals surface area contributed by atoms with Crippen molar-refractivity contribution in [2.75, 3.05) is 19.3 Å². The van der Waals surface area contributed by atoms with Crippen molar-refractivity contribution in [1.82, 2.24) is 20.4 Å². The highest BCUT2D eigenvalue weighted by Gasteiger charge is 2.42. The average Bonchev–Trinajstić information content (AvgIpc) is 3.21. The second kappa shape index (κ2) is 8.15. The van der Waals surface area contributed by atoms with E-state index >= 15 is 0 Å². The van der Waals surface area contributed by atoms with Crippen LogP contribution in [0.2, 0.25) is 0 Å². The molecule has 1 aromatic heterocycles. The molecule has 0 unspecified atom stereocenters. The molecule has 0 saturated heterocycles. The quantitative estimate of drug-likeness (QED) is 0.784. The molecule has 7 heteroatoms. The minimum absolute atomic E-state index is 0.0505. The fourth-order valence-electron chi connectivity index (χ4n) is 2.98. The van der Waals surface area contributed by atoms with Gasteiger partial charge >= 0.3 is 0 Å². The maximum Gasteiger partial charge on any atom is 0.240 e. The zero-order valence-electron chi connectivity index (χ0n) is 14.6. The molecule has 1 saturated carbocycles. The number of carbonyl (C=O) groups excluding carboxylic acids is 1. The van der Waals surface area contributed by atoms with Crippen molar-refractivity contribution in [3.8, 4) is 0 Å². The molecule has 2 rings (SSSR count). The van der Waals surface area contributed by atoms with E-state index in [4.69, 9.17) is 4.52 Å². The van der Waals surface area contributed by atoms with Crippen LogP contribution in [-0.4, -0.2) is 45.5 Å². The summed E-state index contributed by atoms with van der Waals surface area (Å²) < 4.78 is 5.45. The highest BCUT2D eigenvalue weighted by molar-refractivity contribution is 7.99. The van der Waals surface area contributed by atoms with Crippen LogP contribution in [-0.2, 0) is 16.9 Å². The largest absolute Gasteiger partial charge is 0.342 e. The van der Waals surface area contributed by atoms with Crippen molar-refractivity contribution in [2.24, 2.45) is 0 Å². The molecule has 0 radical (unpaired) electrons. The molecule has 0 spiro atoms. The van der Waals surface area contributed by atoms with Gasteiger partial charge in [-0.2, -0.15) is 16.7 Å². The van der Waals surface area contributed by atoms with Crippen LogP contribution in [0.5, 0.6) is 0 Å². The maximum atomic E-state index is 12.4. The Morgan fingerprint density at radius 3 is 2.61 bits per heavy atom. The van der Waals surface area contributed by atoms with E-state index in [1.807, 2.05) is 13.2 Å². The van der Waals surface area contributed by atoms with Gasteiger partial charge in [-0.25, -0.2) is 0 Å². The van der Waals surface area contributed by atoms with Crippen molar-refractivity contribution in [2.45, 2.75) is 63.8 Å². The van der Waals surface area contributed by atoms with Crippen molar-refractivity contribution in [3.63, 3.8) is 0 Å². The standard InChI is InChI=1S/C16H28N4O2S/c1-5-20(6-2)11-13-17-15(19-22-13)16(9-7-8-10-16)18-14(21)12(3)23-4/h12H,5-11H2,1-4H3,(H,18,21)/t12-/m0/s1. The first-order valence-corrected chi connectivity index (χ1v) is 9.73. The summed E-state index contributed by atoms with van der Waals surface area (Å²) in [5, 5.41) is 7.32. The van der Waals surface area contributed by atoms with Gasteiger partial charge in [-0.1, -0.05) is 31.8 Å². The van der Waals surface area contributed by atoms with Gasteiger partial charge in [0.1, 0.15) is 5.54 Å². The molecule has 1 aromatic rings. The van der Waals surface area contributed by atoms with Gasteiger partial charge in [0.15, 0.2) is 5.82 Å². The van der Waals surface area contributed by atoms with E-state index in [9.17, 15) is 4.79 Å². The van der Waals surface area contributed by atoms with E-state index in [2.05, 4.69) is 34.2 Å². The van der Waals surface area contributed by atoms with Crippen molar-refractivity contribution in [3.05, 3.63) is 11.7 Å². The zero-order chi connectivity index (χ0) is 16.9. The number of nitrogens with zero attached hydrogens (tertiary/aromatic N) is 3. The Hall–Kier alpha value is -1.08. The van der Waals surface area contributed by atoms with Crippen LogP contribution in [0.1, 0.15) is 58.2 Å². The predicted molar refractivity (Wildman–Crippen MR) is 92.2 cm³/mol. The summed E-state index contributed by atoms with van der Waals surface area (Å²) in [6.07, 6.45) is 5.86. The topological polar surface area (TPSA) is 71.3 Å². The first-order chi connectivity index (χ1) is 11.0. The smallest absolute Gasteiger partial charge is 0.240 e. The van der Waals surface area contributed by atoms with E-state index in [0.717, 1.165) is 38.8 Å². The SMILES string of the molecule is CCN(CC)Cc1nc(C2(NC(=O)[C@H](C)SC)CCCC2)no1. The Morgan fingerprint density at radius 1 is 1.39 bits per heavy atom. The zero-order valence-corrected chi connectivity index (χ0v) is 15.4. The highest BCUT2D eigenvalue weighted by atomic mass is 32.2. The van der Waals surface area contributed by atoms with Crippen molar-refractivity contribution in [1.29, 1.82) is 0 Å². The summed E-state index contributed by atoms with van der Waals surface area (Å²) in [6.45, 7) is 8.70. The van der Waals surface area contributed by atoms with Crippen molar-refractivity contribution < 1.29 is 9.32 Å². The lowest BCUT2D eigenvalue weighted by atomic mass is 9.96. The van der Waals surface area contributed by atoms with Crippen LogP contribution < -0.4 is 5.32 Å². The van der Waals surface area contributed by atoms with Gasteiger partial charge in [-0.15, -0.1) is 0 Å². The molecular weight excluding hydrogens is 312 g/mol. The van der Waals surface area contributed by atoms with Crippen LogP contribution in [0, 0.1) is 0 Å². The van der Waals surface area contributed by atoms with E-state index < -0.39 is 5.54 Å². The number of thioether (sulfide) groups is 1. The Morgan fingerprint density at radius 2 is 2.04 bits per heavy atom. The van der Waals surface area contributed by atoms with Crippen LogP contribution in [0.15, 0.2) is 4.52 Å². The number of nitrogens with one attached hydrogen (secondary N) is 1. The van der Waals surface area contributed by atoms with E-state index in [0.29, 0.717) is 18.3 Å². The third-order valence-corrected chi connectivity index (χ3v) is 5.61. The predicted octanol–water partition coefficient (Wildman–Crippen LogP) is 2.55. The summed E-state index contributed by atoms with van der Waals surface area (Å²) >= 11 is 1.55. The third kappa shape index (κ3) is 4.26. The Kier molecular flexibility index (Phi) is 6.47. The fourth-order valence-corrected chi connectivity index (χ4v) is 3.25.